The summed E-state index contributed by atoms with van der Waals surface area (Å²) in [5, 5.41) is 6.59. The van der Waals surface area contributed by atoms with Crippen molar-refractivity contribution in [2.75, 3.05) is 7.05 Å². The zero-order chi connectivity index (χ0) is 28.5. The molecule has 1 aliphatic heterocycles. The normalized spacial score (nSPS) is 47.0. The van der Waals surface area contributed by atoms with Crippen LogP contribution in [-0.4, -0.2) is 60.9 Å². The Hall–Kier alpha value is -1.93. The van der Waals surface area contributed by atoms with Gasteiger partial charge in [0.1, 0.15) is 23.9 Å². The van der Waals surface area contributed by atoms with Gasteiger partial charge in [-0.15, -0.1) is 0 Å². The first-order chi connectivity index (χ1) is 18.3. The van der Waals surface area contributed by atoms with Crippen LogP contribution in [0.3, 0.4) is 0 Å². The summed E-state index contributed by atoms with van der Waals surface area (Å²) in [6, 6.07) is -0.279. The summed E-state index contributed by atoms with van der Waals surface area (Å²) >= 11 is 0. The van der Waals surface area contributed by atoms with Crippen LogP contribution in [0.1, 0.15) is 87.0 Å². The molecule has 8 heteroatoms. The van der Waals surface area contributed by atoms with Crippen molar-refractivity contribution < 1.29 is 28.6 Å². The van der Waals surface area contributed by atoms with Crippen LogP contribution in [-0.2, 0) is 28.6 Å². The van der Waals surface area contributed by atoms with Crippen LogP contribution in [0.4, 0.5) is 0 Å². The smallest absolute Gasteiger partial charge is 0.302 e. The second-order valence-corrected chi connectivity index (χ2v) is 13.6. The molecule has 0 radical (unpaired) electrons. The molecule has 1 heterocycles. The Morgan fingerprint density at radius 3 is 2.31 bits per heavy atom. The molecule has 0 spiro atoms. The fourth-order valence-corrected chi connectivity index (χ4v) is 10.1. The summed E-state index contributed by atoms with van der Waals surface area (Å²) in [5.74, 6) is 0.655. The van der Waals surface area contributed by atoms with E-state index in [9.17, 15) is 14.4 Å². The van der Waals surface area contributed by atoms with Crippen molar-refractivity contribution in [3.05, 3.63) is 11.6 Å². The summed E-state index contributed by atoms with van der Waals surface area (Å²) < 4.78 is 18.4. The number of esters is 2. The quantitative estimate of drug-likeness (QED) is 0.297. The van der Waals surface area contributed by atoms with E-state index < -0.39 is 18.2 Å². The van der Waals surface area contributed by atoms with Gasteiger partial charge in [0.25, 0.3) is 0 Å². The van der Waals surface area contributed by atoms with Gasteiger partial charge in [0, 0.05) is 36.8 Å². The number of fused-ring (bicyclic) bond motifs is 7. The lowest BCUT2D eigenvalue weighted by atomic mass is 9.43. The van der Waals surface area contributed by atoms with E-state index >= 15 is 0 Å². The second kappa shape index (κ2) is 9.86. The van der Waals surface area contributed by atoms with Crippen LogP contribution in [0, 0.1) is 34.5 Å². The molecule has 4 aliphatic carbocycles. The van der Waals surface area contributed by atoms with Crippen molar-refractivity contribution in [3.8, 4) is 0 Å². The zero-order valence-electron chi connectivity index (χ0n) is 25.0. The highest BCUT2D eigenvalue weighted by Gasteiger charge is 2.79. The van der Waals surface area contributed by atoms with Crippen LogP contribution in [0.15, 0.2) is 11.6 Å². The minimum absolute atomic E-state index is 0.0763. The van der Waals surface area contributed by atoms with E-state index in [1.807, 2.05) is 14.0 Å². The Morgan fingerprint density at radius 1 is 1.00 bits per heavy atom. The number of likely N-dealkylation sites (N-methyl/N-ethyl adjacent to an activating group) is 1. The number of nitrogens with one attached hydrogen (secondary N) is 2. The molecule has 1 amide bonds. The predicted octanol–water partition coefficient (Wildman–Crippen LogP) is 3.92. The van der Waals surface area contributed by atoms with E-state index in [-0.39, 0.29) is 40.2 Å². The minimum atomic E-state index is -0.587. The molecule has 0 aromatic heterocycles. The molecule has 12 atom stereocenters. The number of epoxide rings is 1. The first-order valence-electron chi connectivity index (χ1n) is 15.0. The molecule has 1 saturated heterocycles. The molecule has 0 aromatic carbocycles. The van der Waals surface area contributed by atoms with Gasteiger partial charge in [-0.05, 0) is 89.5 Å². The molecular formula is C31H48N2O6. The van der Waals surface area contributed by atoms with E-state index in [0.717, 1.165) is 32.1 Å². The number of carbonyl (C=O) groups is 3. The molecule has 5 aliphatic rings. The zero-order valence-corrected chi connectivity index (χ0v) is 25.0. The third-order valence-corrected chi connectivity index (χ3v) is 12.0. The van der Waals surface area contributed by atoms with Gasteiger partial charge in [-0.1, -0.05) is 19.9 Å². The molecule has 39 heavy (non-hydrogen) atoms. The van der Waals surface area contributed by atoms with E-state index in [1.165, 1.54) is 13.8 Å². The fourth-order valence-electron chi connectivity index (χ4n) is 10.1. The lowest BCUT2D eigenvalue weighted by Gasteiger charge is -2.63. The standard InChI is InChI=1S/C31H48N2O6/c1-9-16(2)28(36)33-26-24(37-18(4)34)15-29(6)21-12-13-30(7)23(14-25-31(30,39-25)17(3)32-8)20(21)10-11-22(29)27(26)38-19(5)35/h9,17,20-27,32H,10-15H2,1-8H3,(H,33,36)/b16-9+/t17-,20?,21?,22-,23?,24-,25+,26-,27+,29+,30-,31+/m0/s1. The average Bonchev–Trinajstić information content (AvgIpc) is 3.55. The van der Waals surface area contributed by atoms with Crippen LogP contribution in [0.5, 0.6) is 0 Å². The number of ether oxygens (including phenoxy) is 3. The van der Waals surface area contributed by atoms with Gasteiger partial charge in [0.05, 0.1) is 6.10 Å². The first-order valence-corrected chi connectivity index (χ1v) is 15.0. The monoisotopic (exact) mass is 544 g/mol. The van der Waals surface area contributed by atoms with E-state index in [2.05, 4.69) is 31.4 Å². The lowest BCUT2D eigenvalue weighted by Crippen LogP contribution is -2.67. The number of hydrogen-bond donors (Lipinski definition) is 2. The third kappa shape index (κ3) is 4.18. The van der Waals surface area contributed by atoms with Crippen molar-refractivity contribution >= 4 is 17.8 Å². The van der Waals surface area contributed by atoms with E-state index in [4.69, 9.17) is 14.2 Å². The van der Waals surface area contributed by atoms with Gasteiger partial charge in [0.2, 0.25) is 5.91 Å². The van der Waals surface area contributed by atoms with Gasteiger partial charge in [0.15, 0.2) is 0 Å². The Morgan fingerprint density at radius 2 is 1.69 bits per heavy atom. The molecule has 5 fully saturated rings. The molecule has 218 valence electrons. The van der Waals surface area contributed by atoms with Crippen molar-refractivity contribution in [2.45, 2.75) is 123 Å². The van der Waals surface area contributed by atoms with Crippen LogP contribution in [0.2, 0.25) is 0 Å². The Balaban J connectivity index is 1.48. The summed E-state index contributed by atoms with van der Waals surface area (Å²) in [4.78, 5) is 37.7. The third-order valence-electron chi connectivity index (χ3n) is 12.0. The van der Waals surface area contributed by atoms with Crippen LogP contribution < -0.4 is 10.6 Å². The van der Waals surface area contributed by atoms with Crippen molar-refractivity contribution in [3.63, 3.8) is 0 Å². The maximum atomic E-state index is 13.0. The summed E-state index contributed by atoms with van der Waals surface area (Å²) in [5.41, 5.74) is 0.442. The Labute approximate surface area is 233 Å². The SMILES string of the molecule is C/C=C(\C)C(=O)N[C@@H]1[C@H](OC(C)=O)[C@@H]2CCC3C4C[C@H]5O[C@@]5([C@H](C)NC)[C@@]4(C)CCC3[C@@]2(C)C[C@@H]1OC(C)=O. The second-order valence-electron chi connectivity index (χ2n) is 13.6. The molecule has 3 unspecified atom stereocenters. The van der Waals surface area contributed by atoms with Gasteiger partial charge in [-0.2, -0.15) is 0 Å². The highest BCUT2D eigenvalue weighted by Crippen LogP contribution is 2.74. The van der Waals surface area contributed by atoms with Gasteiger partial charge in [-0.25, -0.2) is 0 Å². The molecule has 0 bridgehead atoms. The highest BCUT2D eigenvalue weighted by atomic mass is 16.6. The summed E-state index contributed by atoms with van der Waals surface area (Å²) in [6.07, 6.45) is 6.89. The molecule has 5 rings (SSSR count). The molecule has 0 aromatic rings. The Bertz CT molecular complexity index is 1060. The van der Waals surface area contributed by atoms with Crippen molar-refractivity contribution in [2.24, 2.45) is 34.5 Å². The number of amides is 1. The maximum Gasteiger partial charge on any atom is 0.302 e. The predicted molar refractivity (Wildman–Crippen MR) is 146 cm³/mol. The fraction of sp³-hybridized carbons (Fsp3) is 0.839. The first kappa shape index (κ1) is 28.6. The number of carbonyl (C=O) groups excluding carboxylic acids is 3. The van der Waals surface area contributed by atoms with Crippen molar-refractivity contribution in [1.29, 1.82) is 0 Å². The summed E-state index contributed by atoms with van der Waals surface area (Å²) in [6.45, 7) is 13.5. The Kier molecular flexibility index (Phi) is 7.23. The molecule has 8 nitrogen and oxygen atoms in total. The largest absolute Gasteiger partial charge is 0.460 e. The maximum absolute atomic E-state index is 13.0. The van der Waals surface area contributed by atoms with Crippen LogP contribution in [0.25, 0.3) is 0 Å². The average molecular weight is 545 g/mol. The van der Waals surface area contributed by atoms with Gasteiger partial charge in [-0.3, -0.25) is 14.4 Å². The van der Waals surface area contributed by atoms with E-state index in [0.29, 0.717) is 41.9 Å². The number of allylic oxidation sites excluding steroid dienone is 1. The van der Waals surface area contributed by atoms with Crippen molar-refractivity contribution in [1.82, 2.24) is 10.6 Å². The topological polar surface area (TPSA) is 106 Å². The minimum Gasteiger partial charge on any atom is -0.460 e. The van der Waals surface area contributed by atoms with Gasteiger partial charge < -0.3 is 24.8 Å². The highest BCUT2D eigenvalue weighted by molar-refractivity contribution is 5.93. The molecular weight excluding hydrogens is 496 g/mol. The van der Waals surface area contributed by atoms with Gasteiger partial charge >= 0.3 is 11.9 Å². The molecule has 2 N–H and O–H groups in total. The number of hydrogen-bond acceptors (Lipinski definition) is 7. The van der Waals surface area contributed by atoms with Crippen LogP contribution >= 0.6 is 0 Å². The molecule has 4 saturated carbocycles. The summed E-state index contributed by atoms with van der Waals surface area (Å²) in [7, 11) is 2.03. The lowest BCUT2D eigenvalue weighted by molar-refractivity contribution is -0.207. The number of rotatable bonds is 6. The van der Waals surface area contributed by atoms with E-state index in [1.54, 1.807) is 13.0 Å².